The van der Waals surface area contributed by atoms with Crippen LogP contribution in [0.5, 0.6) is 0 Å². The highest BCUT2D eigenvalue weighted by atomic mass is 15.4. The van der Waals surface area contributed by atoms with Gasteiger partial charge >= 0.3 is 0 Å². The summed E-state index contributed by atoms with van der Waals surface area (Å²) in [5.74, 6) is 1.89. The Hall–Kier alpha value is -1.51. The van der Waals surface area contributed by atoms with Crippen LogP contribution in [0.4, 0.5) is 0 Å². The number of benzene rings is 1. The van der Waals surface area contributed by atoms with Gasteiger partial charge in [-0.2, -0.15) is 0 Å². The van der Waals surface area contributed by atoms with Crippen LogP contribution in [0.3, 0.4) is 0 Å². The highest BCUT2D eigenvalue weighted by Gasteiger charge is 2.33. The molecule has 1 saturated heterocycles. The van der Waals surface area contributed by atoms with Crippen molar-refractivity contribution in [2.45, 2.75) is 38.8 Å². The second-order valence-corrected chi connectivity index (χ2v) is 5.93. The van der Waals surface area contributed by atoms with Crippen molar-refractivity contribution in [2.75, 3.05) is 13.1 Å². The van der Waals surface area contributed by atoms with Crippen molar-refractivity contribution in [3.8, 4) is 0 Å². The summed E-state index contributed by atoms with van der Waals surface area (Å²) in [6.45, 7) is 6.67. The number of rotatable bonds is 2. The second kappa shape index (κ2) is 5.24. The van der Waals surface area contributed by atoms with Crippen molar-refractivity contribution in [3.05, 3.63) is 35.9 Å². The van der Waals surface area contributed by atoms with Crippen LogP contribution >= 0.6 is 0 Å². The van der Waals surface area contributed by atoms with Gasteiger partial charge in [0.15, 0.2) is 5.96 Å². The Morgan fingerprint density at radius 1 is 1.26 bits per heavy atom. The molecule has 1 fully saturated rings. The highest BCUT2D eigenvalue weighted by molar-refractivity contribution is 5.82. The Labute approximate surface area is 115 Å². The maximum Gasteiger partial charge on any atom is 0.194 e. The fraction of sp³-hybridized carbons (Fsp3) is 0.562. The molecule has 2 aliphatic rings. The number of hydrogen-bond donors (Lipinski definition) is 1. The molecule has 0 amide bonds. The van der Waals surface area contributed by atoms with E-state index in [0.29, 0.717) is 12.1 Å². The van der Waals surface area contributed by atoms with Gasteiger partial charge in [-0.25, -0.2) is 0 Å². The smallest absolute Gasteiger partial charge is 0.194 e. The molecule has 0 saturated carbocycles. The Bertz CT molecular complexity index is 454. The summed E-state index contributed by atoms with van der Waals surface area (Å²) < 4.78 is 0. The number of aliphatic imine (C=N–C) groups is 1. The predicted octanol–water partition coefficient (Wildman–Crippen LogP) is 2.81. The Balaban J connectivity index is 1.67. The quantitative estimate of drug-likeness (QED) is 0.882. The molecule has 2 aliphatic heterocycles. The van der Waals surface area contributed by atoms with E-state index in [-0.39, 0.29) is 0 Å². The third-order valence-electron chi connectivity index (χ3n) is 4.31. The van der Waals surface area contributed by atoms with Gasteiger partial charge in [-0.3, -0.25) is 4.99 Å². The molecule has 3 atom stereocenters. The molecule has 1 aromatic carbocycles. The first kappa shape index (κ1) is 12.5. The molecular weight excluding hydrogens is 234 g/mol. The lowest BCUT2D eigenvalue weighted by molar-refractivity contribution is 0.210. The molecule has 2 unspecified atom stereocenters. The predicted molar refractivity (Wildman–Crippen MR) is 79.2 cm³/mol. The summed E-state index contributed by atoms with van der Waals surface area (Å²) in [5, 5.41) is 3.59. The molecule has 0 aliphatic carbocycles. The molecule has 3 nitrogen and oxygen atoms in total. The van der Waals surface area contributed by atoms with Crippen LogP contribution in [0.15, 0.2) is 35.3 Å². The van der Waals surface area contributed by atoms with Crippen molar-refractivity contribution in [3.63, 3.8) is 0 Å². The van der Waals surface area contributed by atoms with E-state index >= 15 is 0 Å². The Morgan fingerprint density at radius 2 is 2.05 bits per heavy atom. The minimum Gasteiger partial charge on any atom is -0.350 e. The van der Waals surface area contributed by atoms with Gasteiger partial charge in [-0.05, 0) is 31.2 Å². The van der Waals surface area contributed by atoms with Gasteiger partial charge in [0, 0.05) is 6.54 Å². The van der Waals surface area contributed by atoms with Crippen molar-refractivity contribution in [2.24, 2.45) is 10.9 Å². The summed E-state index contributed by atoms with van der Waals surface area (Å²) in [5.41, 5.74) is 1.32. The van der Waals surface area contributed by atoms with Crippen LogP contribution < -0.4 is 5.32 Å². The van der Waals surface area contributed by atoms with Crippen LogP contribution in [-0.2, 0) is 0 Å². The summed E-state index contributed by atoms with van der Waals surface area (Å²) in [7, 11) is 0. The number of nitrogens with zero attached hydrogens (tertiary/aromatic N) is 2. The largest absolute Gasteiger partial charge is 0.350 e. The number of hydrogen-bond acceptors (Lipinski definition) is 3. The average Bonchev–Trinajstić information content (AvgIpc) is 2.82. The zero-order valence-corrected chi connectivity index (χ0v) is 11.8. The van der Waals surface area contributed by atoms with E-state index < -0.39 is 0 Å². The minimum atomic E-state index is 0.316. The zero-order valence-electron chi connectivity index (χ0n) is 11.8. The van der Waals surface area contributed by atoms with E-state index in [1.807, 2.05) is 0 Å². The maximum atomic E-state index is 4.71. The van der Waals surface area contributed by atoms with E-state index in [9.17, 15) is 0 Å². The molecule has 3 heteroatoms. The normalized spacial score (nSPS) is 27.7. The molecule has 2 heterocycles. The topological polar surface area (TPSA) is 27.6 Å². The molecule has 0 spiro atoms. The fourth-order valence-corrected chi connectivity index (χ4v) is 3.09. The van der Waals surface area contributed by atoms with Crippen LogP contribution in [0.1, 0.15) is 38.3 Å². The molecule has 102 valence electrons. The molecule has 0 radical (unpaired) electrons. The van der Waals surface area contributed by atoms with Crippen LogP contribution in [0.25, 0.3) is 0 Å². The summed E-state index contributed by atoms with van der Waals surface area (Å²) in [4.78, 5) is 7.19. The molecule has 19 heavy (non-hydrogen) atoms. The molecular formula is C16H23N3. The lowest BCUT2D eigenvalue weighted by Crippen LogP contribution is -2.48. The second-order valence-electron chi connectivity index (χ2n) is 5.93. The molecule has 1 aromatic rings. The standard InChI is InChI=1S/C16H23N3/c1-12-8-9-15-10-17-16(19(15)11-12)18-13(2)14-6-4-3-5-7-14/h3-7,12-13,15H,8-11H2,1-2H3,(H,17,18)/t12?,13-,15?/m0/s1. The van der Waals surface area contributed by atoms with Gasteiger partial charge < -0.3 is 10.2 Å². The average molecular weight is 257 g/mol. The maximum absolute atomic E-state index is 4.71. The van der Waals surface area contributed by atoms with Crippen LogP contribution in [0, 0.1) is 5.92 Å². The number of nitrogens with one attached hydrogen (secondary N) is 1. The van der Waals surface area contributed by atoms with E-state index in [4.69, 9.17) is 4.99 Å². The van der Waals surface area contributed by atoms with E-state index in [2.05, 4.69) is 54.4 Å². The Morgan fingerprint density at radius 3 is 2.84 bits per heavy atom. The highest BCUT2D eigenvalue weighted by Crippen LogP contribution is 2.26. The third kappa shape index (κ3) is 2.60. The minimum absolute atomic E-state index is 0.316. The van der Waals surface area contributed by atoms with Crippen molar-refractivity contribution < 1.29 is 0 Å². The van der Waals surface area contributed by atoms with Gasteiger partial charge in [-0.1, -0.05) is 37.3 Å². The fourth-order valence-electron chi connectivity index (χ4n) is 3.09. The summed E-state index contributed by atoms with van der Waals surface area (Å²) in [6.07, 6.45) is 2.63. The van der Waals surface area contributed by atoms with Gasteiger partial charge in [0.2, 0.25) is 0 Å². The lowest BCUT2D eigenvalue weighted by atomic mass is 9.95. The number of fused-ring (bicyclic) bond motifs is 1. The van der Waals surface area contributed by atoms with E-state index in [1.54, 1.807) is 0 Å². The van der Waals surface area contributed by atoms with Gasteiger partial charge in [0.05, 0.1) is 18.6 Å². The molecule has 0 aromatic heterocycles. The Kier molecular flexibility index (Phi) is 3.45. The number of piperidine rings is 1. The zero-order chi connectivity index (χ0) is 13.2. The molecule has 3 rings (SSSR count). The van der Waals surface area contributed by atoms with Crippen LogP contribution in [0.2, 0.25) is 0 Å². The first-order chi connectivity index (χ1) is 9.24. The SMILES string of the molecule is CC1CCC2CN=C(N[C@@H](C)c3ccccc3)N2C1. The van der Waals surface area contributed by atoms with Gasteiger partial charge in [-0.15, -0.1) is 0 Å². The number of guanidine groups is 1. The van der Waals surface area contributed by atoms with Gasteiger partial charge in [0.1, 0.15) is 0 Å². The lowest BCUT2D eigenvalue weighted by Gasteiger charge is -2.36. The van der Waals surface area contributed by atoms with Crippen molar-refractivity contribution in [1.29, 1.82) is 0 Å². The van der Waals surface area contributed by atoms with Crippen molar-refractivity contribution >= 4 is 5.96 Å². The summed E-state index contributed by atoms with van der Waals surface area (Å²) in [6, 6.07) is 11.5. The first-order valence-corrected chi connectivity index (χ1v) is 7.36. The van der Waals surface area contributed by atoms with Crippen LogP contribution in [-0.4, -0.2) is 30.0 Å². The summed E-state index contributed by atoms with van der Waals surface area (Å²) >= 11 is 0. The first-order valence-electron chi connectivity index (χ1n) is 7.36. The monoisotopic (exact) mass is 257 g/mol. The van der Waals surface area contributed by atoms with E-state index in [0.717, 1.165) is 25.0 Å². The third-order valence-corrected chi connectivity index (χ3v) is 4.31. The molecule has 1 N–H and O–H groups in total. The van der Waals surface area contributed by atoms with E-state index in [1.165, 1.54) is 18.4 Å². The van der Waals surface area contributed by atoms with Gasteiger partial charge in [0.25, 0.3) is 0 Å². The molecule has 0 bridgehead atoms. The van der Waals surface area contributed by atoms with Crippen molar-refractivity contribution in [1.82, 2.24) is 10.2 Å².